The topological polar surface area (TPSA) is 105 Å². The summed E-state index contributed by atoms with van der Waals surface area (Å²) in [5.74, 6) is 0.438. The number of aryl methyl sites for hydroxylation is 2. The standard InChI is InChI=1S/C24H30N4O4S2/c1-5-17-8-10-19(11-9-17)25-23(29)18-7-6-12-28(14-18)34(30,31)21-13-20(33-16(21)4)22-26-24(15(2)3)32-27-22/h8-11,13,15,18H,5-7,12,14H2,1-4H3,(H,25,29). The normalized spacial score (nSPS) is 17.3. The number of amides is 1. The molecule has 0 spiro atoms. The van der Waals surface area contributed by atoms with Crippen LogP contribution in [-0.4, -0.2) is 41.9 Å². The molecule has 34 heavy (non-hydrogen) atoms. The van der Waals surface area contributed by atoms with E-state index in [1.165, 1.54) is 21.2 Å². The molecule has 4 rings (SSSR count). The molecule has 1 aliphatic heterocycles. The lowest BCUT2D eigenvalue weighted by molar-refractivity contribution is -0.120. The van der Waals surface area contributed by atoms with E-state index < -0.39 is 15.9 Å². The Hall–Kier alpha value is -2.56. The summed E-state index contributed by atoms with van der Waals surface area (Å²) in [5, 5.41) is 6.94. The number of sulfonamides is 1. The van der Waals surface area contributed by atoms with E-state index in [0.717, 1.165) is 12.1 Å². The number of thiophene rings is 1. The maximum Gasteiger partial charge on any atom is 0.244 e. The number of piperidine rings is 1. The van der Waals surface area contributed by atoms with Crippen LogP contribution in [0.25, 0.3) is 10.7 Å². The number of hydrogen-bond donors (Lipinski definition) is 1. The first-order chi connectivity index (χ1) is 16.2. The van der Waals surface area contributed by atoms with Gasteiger partial charge in [-0.25, -0.2) is 8.42 Å². The van der Waals surface area contributed by atoms with Gasteiger partial charge in [0.1, 0.15) is 0 Å². The molecule has 1 aromatic carbocycles. The van der Waals surface area contributed by atoms with Gasteiger partial charge in [0.25, 0.3) is 0 Å². The van der Waals surface area contributed by atoms with Crippen molar-refractivity contribution in [3.05, 3.63) is 46.7 Å². The number of benzene rings is 1. The highest BCUT2D eigenvalue weighted by Crippen LogP contribution is 2.35. The van der Waals surface area contributed by atoms with Gasteiger partial charge in [-0.15, -0.1) is 11.3 Å². The molecule has 3 heterocycles. The SMILES string of the molecule is CCc1ccc(NC(=O)C2CCCN(S(=O)(=O)c3cc(-c4noc(C(C)C)n4)sc3C)C2)cc1. The third-order valence-electron chi connectivity index (χ3n) is 6.03. The van der Waals surface area contributed by atoms with Crippen LogP contribution in [0.3, 0.4) is 0 Å². The molecule has 1 unspecified atom stereocenters. The number of carbonyl (C=O) groups is 1. The Labute approximate surface area is 204 Å². The molecular weight excluding hydrogens is 472 g/mol. The number of rotatable bonds is 7. The minimum atomic E-state index is -3.76. The maximum atomic E-state index is 13.5. The second kappa shape index (κ2) is 9.97. The molecule has 0 bridgehead atoms. The van der Waals surface area contributed by atoms with Crippen molar-refractivity contribution in [2.45, 2.75) is 57.8 Å². The summed E-state index contributed by atoms with van der Waals surface area (Å²) >= 11 is 1.33. The Bertz CT molecular complexity index is 1260. The summed E-state index contributed by atoms with van der Waals surface area (Å²) in [7, 11) is -3.76. The highest BCUT2D eigenvalue weighted by atomic mass is 32.2. The van der Waals surface area contributed by atoms with Crippen LogP contribution in [0.4, 0.5) is 5.69 Å². The summed E-state index contributed by atoms with van der Waals surface area (Å²) in [6.07, 6.45) is 2.21. The van der Waals surface area contributed by atoms with Crippen molar-refractivity contribution in [1.82, 2.24) is 14.4 Å². The zero-order valence-electron chi connectivity index (χ0n) is 19.9. The molecule has 1 amide bonds. The lowest BCUT2D eigenvalue weighted by atomic mass is 9.98. The van der Waals surface area contributed by atoms with Gasteiger partial charge in [0, 0.05) is 29.6 Å². The van der Waals surface area contributed by atoms with Crippen LogP contribution in [0.15, 0.2) is 39.8 Å². The van der Waals surface area contributed by atoms with Crippen LogP contribution < -0.4 is 5.32 Å². The van der Waals surface area contributed by atoms with Gasteiger partial charge in [-0.3, -0.25) is 4.79 Å². The van der Waals surface area contributed by atoms with Crippen molar-refractivity contribution in [3.8, 4) is 10.7 Å². The van der Waals surface area contributed by atoms with Gasteiger partial charge in [-0.2, -0.15) is 9.29 Å². The third-order valence-corrected chi connectivity index (χ3v) is 9.20. The Morgan fingerprint density at radius 1 is 1.29 bits per heavy atom. The van der Waals surface area contributed by atoms with Crippen LogP contribution in [0.2, 0.25) is 0 Å². The monoisotopic (exact) mass is 502 g/mol. The molecule has 3 aromatic rings. The molecule has 2 aromatic heterocycles. The first-order valence-electron chi connectivity index (χ1n) is 11.5. The van der Waals surface area contributed by atoms with Crippen LogP contribution in [0.1, 0.15) is 55.9 Å². The number of nitrogens with zero attached hydrogens (tertiary/aromatic N) is 3. The number of anilines is 1. The fourth-order valence-corrected chi connectivity index (χ4v) is 6.99. The minimum Gasteiger partial charge on any atom is -0.339 e. The molecule has 1 fully saturated rings. The molecule has 8 nitrogen and oxygen atoms in total. The summed E-state index contributed by atoms with van der Waals surface area (Å²) in [6.45, 7) is 8.31. The predicted molar refractivity (Wildman–Crippen MR) is 132 cm³/mol. The molecule has 10 heteroatoms. The van der Waals surface area contributed by atoms with Crippen molar-refractivity contribution in [3.63, 3.8) is 0 Å². The summed E-state index contributed by atoms with van der Waals surface area (Å²) in [6, 6.07) is 9.35. The summed E-state index contributed by atoms with van der Waals surface area (Å²) in [4.78, 5) is 18.8. The van der Waals surface area contributed by atoms with Crippen molar-refractivity contribution in [1.29, 1.82) is 0 Å². The second-order valence-electron chi connectivity index (χ2n) is 8.88. The lowest BCUT2D eigenvalue weighted by Gasteiger charge is -2.31. The Kier molecular flexibility index (Phi) is 7.20. The first kappa shape index (κ1) is 24.6. The van der Waals surface area contributed by atoms with Crippen molar-refractivity contribution >= 4 is 33.0 Å². The molecule has 0 aliphatic carbocycles. The largest absolute Gasteiger partial charge is 0.339 e. The fourth-order valence-electron chi connectivity index (χ4n) is 3.98. The smallest absolute Gasteiger partial charge is 0.244 e. The van der Waals surface area contributed by atoms with Crippen LogP contribution in [0, 0.1) is 12.8 Å². The number of aromatic nitrogens is 2. The van der Waals surface area contributed by atoms with Crippen LogP contribution >= 0.6 is 11.3 Å². The van der Waals surface area contributed by atoms with Crippen LogP contribution in [0.5, 0.6) is 0 Å². The molecular formula is C24H30N4O4S2. The quantitative estimate of drug-likeness (QED) is 0.496. The average molecular weight is 503 g/mol. The van der Waals surface area contributed by atoms with Crippen molar-refractivity contribution in [2.75, 3.05) is 18.4 Å². The van der Waals surface area contributed by atoms with E-state index >= 15 is 0 Å². The average Bonchev–Trinajstić information content (AvgIpc) is 3.47. The zero-order chi connectivity index (χ0) is 24.5. The van der Waals surface area contributed by atoms with E-state index in [4.69, 9.17) is 4.52 Å². The van der Waals surface area contributed by atoms with E-state index in [0.29, 0.717) is 40.9 Å². The second-order valence-corrected chi connectivity index (χ2v) is 12.0. The molecule has 1 N–H and O–H groups in total. The molecule has 1 aliphatic rings. The van der Waals surface area contributed by atoms with Gasteiger partial charge in [0.15, 0.2) is 0 Å². The Morgan fingerprint density at radius 3 is 2.68 bits per heavy atom. The van der Waals surface area contributed by atoms with Gasteiger partial charge in [0.05, 0.1) is 15.7 Å². The van der Waals surface area contributed by atoms with E-state index in [2.05, 4.69) is 22.4 Å². The molecule has 182 valence electrons. The van der Waals surface area contributed by atoms with E-state index in [-0.39, 0.29) is 23.3 Å². The van der Waals surface area contributed by atoms with Gasteiger partial charge >= 0.3 is 0 Å². The molecule has 0 saturated carbocycles. The Balaban J connectivity index is 1.49. The first-order valence-corrected chi connectivity index (χ1v) is 13.8. The molecule has 0 radical (unpaired) electrons. The highest BCUT2D eigenvalue weighted by Gasteiger charge is 2.35. The lowest BCUT2D eigenvalue weighted by Crippen LogP contribution is -2.43. The number of hydrogen-bond acceptors (Lipinski definition) is 7. The number of carbonyl (C=O) groups excluding carboxylic acids is 1. The summed E-state index contributed by atoms with van der Waals surface area (Å²) in [5.41, 5.74) is 1.92. The summed E-state index contributed by atoms with van der Waals surface area (Å²) < 4.78 is 33.7. The fraction of sp³-hybridized carbons (Fsp3) is 0.458. The molecule has 1 saturated heterocycles. The van der Waals surface area contributed by atoms with Gasteiger partial charge in [-0.1, -0.05) is 38.1 Å². The van der Waals surface area contributed by atoms with Gasteiger partial charge in [-0.05, 0) is 49.9 Å². The van der Waals surface area contributed by atoms with Crippen molar-refractivity contribution in [2.24, 2.45) is 5.92 Å². The van der Waals surface area contributed by atoms with Crippen molar-refractivity contribution < 1.29 is 17.7 Å². The Morgan fingerprint density at radius 2 is 2.03 bits per heavy atom. The minimum absolute atomic E-state index is 0.0894. The van der Waals surface area contributed by atoms with E-state index in [1.54, 1.807) is 13.0 Å². The predicted octanol–water partition coefficient (Wildman–Crippen LogP) is 4.83. The van der Waals surface area contributed by atoms with Gasteiger partial charge in [0.2, 0.25) is 27.6 Å². The van der Waals surface area contributed by atoms with Crippen LogP contribution in [-0.2, 0) is 21.2 Å². The number of nitrogens with one attached hydrogen (secondary N) is 1. The highest BCUT2D eigenvalue weighted by molar-refractivity contribution is 7.89. The third kappa shape index (κ3) is 5.08. The van der Waals surface area contributed by atoms with E-state index in [1.807, 2.05) is 38.1 Å². The molecule has 1 atom stereocenters. The van der Waals surface area contributed by atoms with E-state index in [9.17, 15) is 13.2 Å². The van der Waals surface area contributed by atoms with Gasteiger partial charge < -0.3 is 9.84 Å². The zero-order valence-corrected chi connectivity index (χ0v) is 21.5. The maximum absolute atomic E-state index is 13.5.